The van der Waals surface area contributed by atoms with E-state index in [0.717, 1.165) is 0 Å². The molecule has 2 aromatic carbocycles. The van der Waals surface area contributed by atoms with Crippen LogP contribution in [0.5, 0.6) is 0 Å². The van der Waals surface area contributed by atoms with Crippen molar-refractivity contribution in [2.75, 3.05) is 30.1 Å². The van der Waals surface area contributed by atoms with Gasteiger partial charge in [-0.2, -0.15) is 0 Å². The zero-order chi connectivity index (χ0) is 22.7. The Morgan fingerprint density at radius 1 is 1.29 bits per heavy atom. The molecular weight excluding hydrogens is 420 g/mol. The van der Waals surface area contributed by atoms with Crippen LogP contribution in [0.3, 0.4) is 0 Å². The number of carbonyl (C=O) groups excluding carboxylic acids is 3. The summed E-state index contributed by atoms with van der Waals surface area (Å²) in [7, 11) is 1.46. The predicted octanol–water partition coefficient (Wildman–Crippen LogP) is 3.15. The number of nitrogens with zero attached hydrogens (tertiary/aromatic N) is 3. The normalized spacial score (nSPS) is 15.5. The van der Waals surface area contributed by atoms with E-state index in [1.165, 1.54) is 46.8 Å². The minimum atomic E-state index is -0.534. The highest BCUT2D eigenvalue weighted by Crippen LogP contribution is 2.32. The molecule has 1 atom stereocenters. The summed E-state index contributed by atoms with van der Waals surface area (Å²) in [5.41, 5.74) is 1.06. The second kappa shape index (κ2) is 9.17. The Hall–Kier alpha value is -3.40. The van der Waals surface area contributed by atoms with E-state index in [4.69, 9.17) is 0 Å². The van der Waals surface area contributed by atoms with Crippen molar-refractivity contribution >= 4 is 46.5 Å². The van der Waals surface area contributed by atoms with Crippen molar-refractivity contribution in [3.05, 3.63) is 58.1 Å². The molecule has 31 heavy (non-hydrogen) atoms. The molecule has 0 aromatic heterocycles. The van der Waals surface area contributed by atoms with Gasteiger partial charge < -0.3 is 15.1 Å². The number of hydrogen-bond donors (Lipinski definition) is 1. The van der Waals surface area contributed by atoms with Crippen molar-refractivity contribution in [2.24, 2.45) is 0 Å². The van der Waals surface area contributed by atoms with Gasteiger partial charge in [0, 0.05) is 31.1 Å². The fourth-order valence-corrected chi connectivity index (χ4v) is 4.05. The molecule has 3 rings (SSSR count). The summed E-state index contributed by atoms with van der Waals surface area (Å²) in [6.07, 6.45) is 1.84. The maximum absolute atomic E-state index is 13.1. The molecule has 2 aromatic rings. The second-order valence-electron chi connectivity index (χ2n) is 7.19. The number of fused-ring (bicyclic) bond motifs is 1. The molecule has 10 heteroatoms. The molecule has 0 saturated heterocycles. The number of likely N-dealkylation sites (N-methyl/N-ethyl adjacent to an activating group) is 1. The third-order valence-corrected chi connectivity index (χ3v) is 5.75. The third kappa shape index (κ3) is 4.69. The summed E-state index contributed by atoms with van der Waals surface area (Å²) in [5, 5.41) is 14.1. The number of para-hydroxylation sites is 2. The maximum Gasteiger partial charge on any atom is 0.283 e. The molecular formula is C21H22N4O5S. The summed E-state index contributed by atoms with van der Waals surface area (Å²) in [4.78, 5) is 52.0. The SMILES string of the molecule is CSc1ccc(C(=O)N(C)CC(=O)N2c3ccccc3NC(=O)C[C@H]2C)cc1[N+](=O)[O-]. The molecule has 0 unspecified atom stereocenters. The van der Waals surface area contributed by atoms with Crippen LogP contribution in [0.2, 0.25) is 0 Å². The Balaban J connectivity index is 1.83. The number of amides is 3. The lowest BCUT2D eigenvalue weighted by molar-refractivity contribution is -0.387. The van der Waals surface area contributed by atoms with Crippen LogP contribution in [0.15, 0.2) is 47.4 Å². The van der Waals surface area contributed by atoms with E-state index < -0.39 is 16.9 Å². The maximum atomic E-state index is 13.1. The number of hydrogen-bond acceptors (Lipinski definition) is 6. The van der Waals surface area contributed by atoms with Gasteiger partial charge in [-0.25, -0.2) is 0 Å². The van der Waals surface area contributed by atoms with Crippen LogP contribution in [-0.4, -0.2) is 53.4 Å². The predicted molar refractivity (Wildman–Crippen MR) is 118 cm³/mol. The van der Waals surface area contributed by atoms with Crippen LogP contribution in [0.1, 0.15) is 23.7 Å². The number of anilines is 2. The summed E-state index contributed by atoms with van der Waals surface area (Å²) in [6.45, 7) is 1.52. The van der Waals surface area contributed by atoms with Crippen LogP contribution in [0, 0.1) is 10.1 Å². The average molecular weight is 442 g/mol. The largest absolute Gasteiger partial charge is 0.332 e. The first-order valence-corrected chi connectivity index (χ1v) is 10.7. The quantitative estimate of drug-likeness (QED) is 0.432. The number of carbonyl (C=O) groups is 3. The molecule has 0 aliphatic carbocycles. The first-order chi connectivity index (χ1) is 14.7. The van der Waals surface area contributed by atoms with E-state index >= 15 is 0 Å². The summed E-state index contributed by atoms with van der Waals surface area (Å²) in [5.74, 6) is -1.06. The third-order valence-electron chi connectivity index (χ3n) is 4.97. The zero-order valence-corrected chi connectivity index (χ0v) is 18.1. The van der Waals surface area contributed by atoms with Crippen molar-refractivity contribution in [1.29, 1.82) is 0 Å². The van der Waals surface area contributed by atoms with E-state index in [2.05, 4.69) is 5.32 Å². The van der Waals surface area contributed by atoms with Gasteiger partial charge in [0.05, 0.1) is 21.2 Å². The van der Waals surface area contributed by atoms with E-state index in [-0.39, 0.29) is 36.0 Å². The average Bonchev–Trinajstić information content (AvgIpc) is 2.86. The molecule has 162 valence electrons. The molecule has 0 fully saturated rings. The van der Waals surface area contributed by atoms with Crippen LogP contribution < -0.4 is 10.2 Å². The van der Waals surface area contributed by atoms with Gasteiger partial charge in [-0.05, 0) is 37.4 Å². The number of thioether (sulfide) groups is 1. The lowest BCUT2D eigenvalue weighted by atomic mass is 10.1. The highest BCUT2D eigenvalue weighted by atomic mass is 32.2. The fraction of sp³-hybridized carbons (Fsp3) is 0.286. The molecule has 1 aliphatic rings. The molecule has 3 amide bonds. The lowest BCUT2D eigenvalue weighted by Crippen LogP contribution is -2.45. The standard InChI is InChI=1S/C21H22N4O5S/c1-13-10-19(26)22-15-6-4-5-7-16(15)24(13)20(27)12-23(2)21(28)14-8-9-18(31-3)17(11-14)25(29)30/h4-9,11,13H,10,12H2,1-3H3,(H,22,26)/t13-/m1/s1. The molecule has 1 N–H and O–H groups in total. The van der Waals surface area contributed by atoms with Crippen molar-refractivity contribution in [2.45, 2.75) is 24.3 Å². The van der Waals surface area contributed by atoms with Crippen LogP contribution in [0.4, 0.5) is 17.1 Å². The Labute approximate surface area is 183 Å². The van der Waals surface area contributed by atoms with Crippen LogP contribution in [-0.2, 0) is 9.59 Å². The minimum absolute atomic E-state index is 0.125. The Morgan fingerprint density at radius 2 is 2.00 bits per heavy atom. The van der Waals surface area contributed by atoms with Gasteiger partial charge in [0.15, 0.2) is 0 Å². The van der Waals surface area contributed by atoms with Crippen molar-refractivity contribution in [3.8, 4) is 0 Å². The molecule has 1 heterocycles. The Kier molecular flexibility index (Phi) is 6.59. The van der Waals surface area contributed by atoms with E-state index in [0.29, 0.717) is 16.3 Å². The zero-order valence-electron chi connectivity index (χ0n) is 17.3. The van der Waals surface area contributed by atoms with Gasteiger partial charge in [-0.3, -0.25) is 24.5 Å². The number of nitro groups is 1. The van der Waals surface area contributed by atoms with Gasteiger partial charge in [0.2, 0.25) is 11.8 Å². The minimum Gasteiger partial charge on any atom is -0.332 e. The summed E-state index contributed by atoms with van der Waals surface area (Å²) >= 11 is 1.22. The second-order valence-corrected chi connectivity index (χ2v) is 8.04. The van der Waals surface area contributed by atoms with Gasteiger partial charge in [-0.1, -0.05) is 12.1 Å². The highest BCUT2D eigenvalue weighted by Gasteiger charge is 2.31. The molecule has 0 bridgehead atoms. The smallest absolute Gasteiger partial charge is 0.283 e. The van der Waals surface area contributed by atoms with E-state index in [1.807, 2.05) is 0 Å². The summed E-state index contributed by atoms with van der Waals surface area (Å²) in [6, 6.07) is 10.8. The lowest BCUT2D eigenvalue weighted by Gasteiger charge is -2.29. The topological polar surface area (TPSA) is 113 Å². The number of rotatable bonds is 5. The summed E-state index contributed by atoms with van der Waals surface area (Å²) < 4.78 is 0. The van der Waals surface area contributed by atoms with Crippen LogP contribution >= 0.6 is 11.8 Å². The highest BCUT2D eigenvalue weighted by molar-refractivity contribution is 7.98. The number of nitro benzene ring substituents is 1. The monoisotopic (exact) mass is 442 g/mol. The molecule has 0 saturated carbocycles. The van der Waals surface area contributed by atoms with Gasteiger partial charge in [-0.15, -0.1) is 11.8 Å². The van der Waals surface area contributed by atoms with Crippen molar-refractivity contribution < 1.29 is 19.3 Å². The number of nitrogens with one attached hydrogen (secondary N) is 1. The number of benzene rings is 2. The molecule has 0 spiro atoms. The molecule has 9 nitrogen and oxygen atoms in total. The first-order valence-electron chi connectivity index (χ1n) is 9.51. The van der Waals surface area contributed by atoms with Crippen LogP contribution in [0.25, 0.3) is 0 Å². The van der Waals surface area contributed by atoms with E-state index in [1.54, 1.807) is 37.4 Å². The van der Waals surface area contributed by atoms with Gasteiger partial charge in [0.1, 0.15) is 6.54 Å². The Bertz CT molecular complexity index is 1060. The fourth-order valence-electron chi connectivity index (χ4n) is 3.50. The van der Waals surface area contributed by atoms with Gasteiger partial charge in [0.25, 0.3) is 11.6 Å². The van der Waals surface area contributed by atoms with Crippen molar-refractivity contribution in [1.82, 2.24) is 4.90 Å². The van der Waals surface area contributed by atoms with Crippen molar-refractivity contribution in [3.63, 3.8) is 0 Å². The van der Waals surface area contributed by atoms with Gasteiger partial charge >= 0.3 is 0 Å². The first kappa shape index (κ1) is 22.3. The molecule has 0 radical (unpaired) electrons. The van der Waals surface area contributed by atoms with E-state index in [9.17, 15) is 24.5 Å². The Morgan fingerprint density at radius 3 is 2.68 bits per heavy atom. The molecule has 1 aliphatic heterocycles.